The van der Waals surface area contributed by atoms with Crippen LogP contribution in [0.5, 0.6) is 0 Å². The lowest BCUT2D eigenvalue weighted by atomic mass is 9.92. The first-order valence-electron chi connectivity index (χ1n) is 9.37. The van der Waals surface area contributed by atoms with E-state index >= 15 is 0 Å². The lowest BCUT2D eigenvalue weighted by Gasteiger charge is -2.22. The zero-order chi connectivity index (χ0) is 21.8. The van der Waals surface area contributed by atoms with Crippen LogP contribution < -0.4 is 10.6 Å². The minimum absolute atomic E-state index is 0.373. The number of esters is 1. The number of hydrogen-bond donors (Lipinski definition) is 2. The molecule has 2 N–H and O–H groups in total. The molecular formula is C20H26ClN3O5. The van der Waals surface area contributed by atoms with Crippen LogP contribution in [0.1, 0.15) is 39.2 Å². The molecule has 0 bridgehead atoms. The number of amides is 4. The molecule has 158 valence electrons. The number of carbonyl (C=O) groups excluding carboxylic acids is 4. The van der Waals surface area contributed by atoms with E-state index in [1.165, 1.54) is 0 Å². The predicted molar refractivity (Wildman–Crippen MR) is 108 cm³/mol. The van der Waals surface area contributed by atoms with Crippen molar-refractivity contribution in [2.45, 2.75) is 46.1 Å². The number of ether oxygens (including phenoxy) is 1. The van der Waals surface area contributed by atoms with E-state index in [9.17, 15) is 19.2 Å². The largest absolute Gasteiger partial charge is 0.454 e. The summed E-state index contributed by atoms with van der Waals surface area (Å²) in [6.45, 7) is 6.43. The van der Waals surface area contributed by atoms with Crippen LogP contribution in [0.15, 0.2) is 18.2 Å². The topological polar surface area (TPSA) is 105 Å². The normalized spacial score (nSPS) is 18.8. The molecule has 1 heterocycles. The van der Waals surface area contributed by atoms with E-state index in [1.807, 2.05) is 20.8 Å². The number of carbonyl (C=O) groups is 4. The monoisotopic (exact) mass is 423 g/mol. The molecule has 29 heavy (non-hydrogen) atoms. The summed E-state index contributed by atoms with van der Waals surface area (Å²) in [5.41, 5.74) is 0.297. The number of hydrogen-bond acceptors (Lipinski definition) is 5. The number of anilines is 1. The summed E-state index contributed by atoms with van der Waals surface area (Å²) in [6, 6.07) is 4.36. The highest BCUT2D eigenvalue weighted by molar-refractivity contribution is 6.31. The first-order chi connectivity index (χ1) is 13.5. The molecule has 1 atom stereocenters. The van der Waals surface area contributed by atoms with Crippen molar-refractivity contribution in [3.05, 3.63) is 28.8 Å². The second kappa shape index (κ2) is 9.26. The fraction of sp³-hybridized carbons (Fsp3) is 0.500. The Morgan fingerprint density at radius 3 is 2.62 bits per heavy atom. The Morgan fingerprint density at radius 2 is 2.00 bits per heavy atom. The van der Waals surface area contributed by atoms with Crippen LogP contribution in [0.4, 0.5) is 10.5 Å². The molecule has 2 rings (SSSR count). The Kier molecular flexibility index (Phi) is 7.24. The third-order valence-corrected chi connectivity index (χ3v) is 5.08. The van der Waals surface area contributed by atoms with Crippen molar-refractivity contribution in [3.8, 4) is 0 Å². The minimum atomic E-state index is -1.04. The van der Waals surface area contributed by atoms with E-state index in [1.54, 1.807) is 25.1 Å². The Morgan fingerprint density at radius 1 is 1.31 bits per heavy atom. The standard InChI is InChI=1S/C20H26ClN3O5/c1-12(2)7-8-20(4)18(27)24(19(28)23-20)10-17(26)29-11-16(25)22-14-6-5-13(3)15(21)9-14/h5-6,9,12H,7-8,10-11H2,1-4H3,(H,22,25)(H,23,28)/t20-/m0/s1. The van der Waals surface area contributed by atoms with Crippen LogP contribution in [0.25, 0.3) is 0 Å². The molecule has 0 aliphatic carbocycles. The van der Waals surface area contributed by atoms with Crippen LogP contribution in [0.2, 0.25) is 5.02 Å². The first kappa shape index (κ1) is 22.7. The van der Waals surface area contributed by atoms with Crippen LogP contribution in [0, 0.1) is 12.8 Å². The van der Waals surface area contributed by atoms with Crippen molar-refractivity contribution in [2.24, 2.45) is 5.92 Å². The van der Waals surface area contributed by atoms with Crippen molar-refractivity contribution < 1.29 is 23.9 Å². The zero-order valence-corrected chi connectivity index (χ0v) is 17.8. The van der Waals surface area contributed by atoms with Gasteiger partial charge in [-0.1, -0.05) is 31.5 Å². The number of benzene rings is 1. The first-order valence-corrected chi connectivity index (χ1v) is 9.75. The Labute approximate surface area is 174 Å². The predicted octanol–water partition coefficient (Wildman–Crippen LogP) is 2.88. The van der Waals surface area contributed by atoms with E-state index < -0.39 is 42.5 Å². The lowest BCUT2D eigenvalue weighted by Crippen LogP contribution is -2.44. The van der Waals surface area contributed by atoms with Gasteiger partial charge >= 0.3 is 12.0 Å². The van der Waals surface area contributed by atoms with Gasteiger partial charge in [0.15, 0.2) is 6.61 Å². The van der Waals surface area contributed by atoms with Gasteiger partial charge in [0, 0.05) is 10.7 Å². The SMILES string of the molecule is Cc1ccc(NC(=O)COC(=O)CN2C(=O)N[C@@](C)(CCC(C)C)C2=O)cc1Cl. The summed E-state index contributed by atoms with van der Waals surface area (Å²) < 4.78 is 4.90. The zero-order valence-electron chi connectivity index (χ0n) is 17.0. The summed E-state index contributed by atoms with van der Waals surface area (Å²) >= 11 is 6.00. The third-order valence-electron chi connectivity index (χ3n) is 4.67. The van der Waals surface area contributed by atoms with E-state index in [2.05, 4.69) is 10.6 Å². The van der Waals surface area contributed by atoms with Gasteiger partial charge in [0.05, 0.1) is 0 Å². The molecule has 1 saturated heterocycles. The van der Waals surface area contributed by atoms with Gasteiger partial charge in [-0.15, -0.1) is 0 Å². The average molecular weight is 424 g/mol. The van der Waals surface area contributed by atoms with E-state index in [4.69, 9.17) is 16.3 Å². The quantitative estimate of drug-likeness (QED) is 0.494. The molecule has 9 heteroatoms. The third kappa shape index (κ3) is 5.93. The highest BCUT2D eigenvalue weighted by Crippen LogP contribution is 2.24. The number of rotatable bonds is 8. The van der Waals surface area contributed by atoms with Crippen molar-refractivity contribution in [1.82, 2.24) is 10.2 Å². The molecule has 0 aromatic heterocycles. The van der Waals surface area contributed by atoms with E-state index in [-0.39, 0.29) is 0 Å². The number of aryl methyl sites for hydroxylation is 1. The van der Waals surface area contributed by atoms with Crippen LogP contribution >= 0.6 is 11.6 Å². The Bertz CT molecular complexity index is 826. The summed E-state index contributed by atoms with van der Waals surface area (Å²) in [5, 5.41) is 5.69. The van der Waals surface area contributed by atoms with Crippen molar-refractivity contribution in [3.63, 3.8) is 0 Å². The maximum absolute atomic E-state index is 12.6. The molecule has 1 aromatic carbocycles. The molecule has 1 fully saturated rings. The molecule has 0 saturated carbocycles. The second-order valence-electron chi connectivity index (χ2n) is 7.76. The lowest BCUT2D eigenvalue weighted by molar-refractivity contribution is -0.150. The number of urea groups is 1. The molecule has 1 aliphatic heterocycles. The molecule has 1 aromatic rings. The summed E-state index contributed by atoms with van der Waals surface area (Å²) in [4.78, 5) is 49.5. The van der Waals surface area contributed by atoms with Crippen LogP contribution in [-0.4, -0.2) is 47.4 Å². The van der Waals surface area contributed by atoms with Gasteiger partial charge in [-0.25, -0.2) is 4.79 Å². The second-order valence-corrected chi connectivity index (χ2v) is 8.17. The number of halogens is 1. The number of nitrogens with zero attached hydrogens (tertiary/aromatic N) is 1. The molecule has 4 amide bonds. The van der Waals surface area contributed by atoms with Crippen LogP contribution in [0.3, 0.4) is 0 Å². The molecule has 0 radical (unpaired) electrons. The summed E-state index contributed by atoms with van der Waals surface area (Å²) in [6.07, 6.45) is 1.23. The summed E-state index contributed by atoms with van der Waals surface area (Å²) in [7, 11) is 0. The van der Waals surface area contributed by atoms with Gasteiger partial charge in [0.25, 0.3) is 11.8 Å². The fourth-order valence-corrected chi connectivity index (χ4v) is 3.01. The smallest absolute Gasteiger partial charge is 0.326 e. The molecule has 8 nitrogen and oxygen atoms in total. The Hall–Kier alpha value is -2.61. The molecular weight excluding hydrogens is 398 g/mol. The van der Waals surface area contributed by atoms with Gasteiger partial charge in [-0.05, 0) is 50.3 Å². The highest BCUT2D eigenvalue weighted by Gasteiger charge is 2.48. The van der Waals surface area contributed by atoms with Crippen molar-refractivity contribution in [1.29, 1.82) is 0 Å². The minimum Gasteiger partial charge on any atom is -0.454 e. The molecule has 1 aliphatic rings. The molecule has 0 unspecified atom stereocenters. The van der Waals surface area contributed by atoms with E-state index in [0.717, 1.165) is 16.9 Å². The van der Waals surface area contributed by atoms with Gasteiger partial charge in [-0.2, -0.15) is 0 Å². The van der Waals surface area contributed by atoms with Gasteiger partial charge in [-0.3, -0.25) is 19.3 Å². The van der Waals surface area contributed by atoms with Crippen molar-refractivity contribution in [2.75, 3.05) is 18.5 Å². The highest BCUT2D eigenvalue weighted by atomic mass is 35.5. The van der Waals surface area contributed by atoms with Crippen LogP contribution in [-0.2, 0) is 19.1 Å². The average Bonchev–Trinajstić information content (AvgIpc) is 2.85. The van der Waals surface area contributed by atoms with Gasteiger partial charge in [0.1, 0.15) is 12.1 Å². The van der Waals surface area contributed by atoms with Gasteiger partial charge in [0.2, 0.25) is 0 Å². The van der Waals surface area contributed by atoms with E-state index in [0.29, 0.717) is 23.0 Å². The van der Waals surface area contributed by atoms with Gasteiger partial charge < -0.3 is 15.4 Å². The van der Waals surface area contributed by atoms with Crippen molar-refractivity contribution >= 4 is 41.1 Å². The number of nitrogens with one attached hydrogen (secondary N) is 2. The maximum atomic E-state index is 12.6. The number of imide groups is 1. The fourth-order valence-electron chi connectivity index (χ4n) is 2.83. The Balaban J connectivity index is 1.85. The maximum Gasteiger partial charge on any atom is 0.326 e. The molecule has 0 spiro atoms. The summed E-state index contributed by atoms with van der Waals surface area (Å²) in [5.74, 6) is -1.51.